The van der Waals surface area contributed by atoms with Crippen LogP contribution >= 0.6 is 0 Å². The summed E-state index contributed by atoms with van der Waals surface area (Å²) in [5, 5.41) is 0. The maximum Gasteiger partial charge on any atom is 0.306 e. The molecule has 0 radical (unpaired) electrons. The molecule has 0 heterocycles. The van der Waals surface area contributed by atoms with E-state index in [1.807, 2.05) is 0 Å². The summed E-state index contributed by atoms with van der Waals surface area (Å²) in [4.78, 5) is 37.7. The number of hydrogen-bond donors (Lipinski definition) is 0. The van der Waals surface area contributed by atoms with Crippen LogP contribution in [0, 0.1) is 0 Å². The van der Waals surface area contributed by atoms with Gasteiger partial charge in [-0.25, -0.2) is 0 Å². The summed E-state index contributed by atoms with van der Waals surface area (Å²) in [6.07, 6.45) is 73.3. The van der Waals surface area contributed by atoms with E-state index in [1.54, 1.807) is 0 Å². The zero-order valence-corrected chi connectivity index (χ0v) is 44.6. The lowest BCUT2D eigenvalue weighted by Crippen LogP contribution is -2.30. The number of ether oxygens (including phenoxy) is 3. The van der Waals surface area contributed by atoms with Gasteiger partial charge in [-0.3, -0.25) is 14.4 Å². The highest BCUT2D eigenvalue weighted by Gasteiger charge is 2.19. The van der Waals surface area contributed by atoms with Crippen molar-refractivity contribution in [3.05, 3.63) is 85.1 Å². The molecule has 0 saturated heterocycles. The molecule has 0 rings (SSSR count). The van der Waals surface area contributed by atoms with Crippen LogP contribution in [-0.4, -0.2) is 37.2 Å². The molecule has 0 fully saturated rings. The van der Waals surface area contributed by atoms with Crippen LogP contribution in [0.5, 0.6) is 0 Å². The molecule has 0 bridgehead atoms. The van der Waals surface area contributed by atoms with Gasteiger partial charge in [-0.2, -0.15) is 0 Å². The molecule has 6 heteroatoms. The molecular formula is C62H106O6. The van der Waals surface area contributed by atoms with E-state index in [2.05, 4.69) is 106 Å². The summed E-state index contributed by atoms with van der Waals surface area (Å²) in [6.45, 7) is 6.46. The SMILES string of the molecule is CC/C=C\C/C=C\C/C=C\C/C=C\C/C=C\C/C=C\C/C=C\CCCCCCCCCCCCCC(=O)OCC(COC(=O)CCCCCCCC)OC(=O)CCCCCCCCCCCCC. The number of unbranched alkanes of at least 4 members (excludes halogenated alkanes) is 26. The predicted molar refractivity (Wildman–Crippen MR) is 293 cm³/mol. The molecule has 0 saturated carbocycles. The van der Waals surface area contributed by atoms with Gasteiger partial charge in [-0.15, -0.1) is 0 Å². The lowest BCUT2D eigenvalue weighted by molar-refractivity contribution is -0.167. The third kappa shape index (κ3) is 53.5. The van der Waals surface area contributed by atoms with E-state index in [0.29, 0.717) is 19.3 Å². The van der Waals surface area contributed by atoms with Crippen molar-refractivity contribution in [1.82, 2.24) is 0 Å². The van der Waals surface area contributed by atoms with Crippen molar-refractivity contribution in [3.8, 4) is 0 Å². The minimum absolute atomic E-state index is 0.0738. The summed E-state index contributed by atoms with van der Waals surface area (Å²) in [7, 11) is 0. The fourth-order valence-corrected chi connectivity index (χ4v) is 7.89. The second-order valence-electron chi connectivity index (χ2n) is 18.8. The molecule has 6 nitrogen and oxygen atoms in total. The van der Waals surface area contributed by atoms with Crippen molar-refractivity contribution in [3.63, 3.8) is 0 Å². The van der Waals surface area contributed by atoms with Crippen LogP contribution in [0.4, 0.5) is 0 Å². The number of carbonyl (C=O) groups excluding carboxylic acids is 3. The minimum atomic E-state index is -0.769. The predicted octanol–water partition coefficient (Wildman–Crippen LogP) is 19.2. The average molecular weight is 948 g/mol. The van der Waals surface area contributed by atoms with Crippen LogP contribution in [0.1, 0.15) is 271 Å². The molecule has 1 atom stereocenters. The summed E-state index contributed by atoms with van der Waals surface area (Å²) in [5.74, 6) is -0.883. The fourth-order valence-electron chi connectivity index (χ4n) is 7.89. The molecule has 0 aromatic heterocycles. The topological polar surface area (TPSA) is 78.9 Å². The fraction of sp³-hybridized carbons (Fsp3) is 0.726. The van der Waals surface area contributed by atoms with Crippen molar-refractivity contribution in [2.24, 2.45) is 0 Å². The highest BCUT2D eigenvalue weighted by atomic mass is 16.6. The highest BCUT2D eigenvalue weighted by molar-refractivity contribution is 5.71. The Morgan fingerprint density at radius 1 is 0.309 bits per heavy atom. The van der Waals surface area contributed by atoms with Crippen LogP contribution in [0.2, 0.25) is 0 Å². The van der Waals surface area contributed by atoms with Crippen molar-refractivity contribution in [1.29, 1.82) is 0 Å². The van der Waals surface area contributed by atoms with E-state index < -0.39 is 6.10 Å². The Morgan fingerprint density at radius 2 is 0.574 bits per heavy atom. The zero-order chi connectivity index (χ0) is 49.3. The van der Waals surface area contributed by atoms with Gasteiger partial charge in [0.1, 0.15) is 13.2 Å². The zero-order valence-electron chi connectivity index (χ0n) is 44.6. The molecule has 0 aliphatic heterocycles. The van der Waals surface area contributed by atoms with Gasteiger partial charge in [0.05, 0.1) is 0 Å². The lowest BCUT2D eigenvalue weighted by atomic mass is 10.0. The van der Waals surface area contributed by atoms with Crippen molar-refractivity contribution in [2.75, 3.05) is 13.2 Å². The quantitative estimate of drug-likeness (QED) is 0.0262. The van der Waals surface area contributed by atoms with Crippen molar-refractivity contribution in [2.45, 2.75) is 277 Å². The number of hydrogen-bond acceptors (Lipinski definition) is 6. The second kappa shape index (κ2) is 56.2. The third-order valence-corrected chi connectivity index (χ3v) is 12.2. The van der Waals surface area contributed by atoms with E-state index in [0.717, 1.165) is 103 Å². The van der Waals surface area contributed by atoms with Gasteiger partial charge >= 0.3 is 17.9 Å². The third-order valence-electron chi connectivity index (χ3n) is 12.2. The Balaban J connectivity index is 4.00. The number of rotatable bonds is 51. The van der Waals surface area contributed by atoms with Crippen LogP contribution in [0.3, 0.4) is 0 Å². The van der Waals surface area contributed by atoms with Gasteiger partial charge in [0.2, 0.25) is 0 Å². The van der Waals surface area contributed by atoms with Gasteiger partial charge in [0.25, 0.3) is 0 Å². The molecule has 0 amide bonds. The Labute approximate surface area is 420 Å². The Bertz CT molecular complexity index is 1320. The smallest absolute Gasteiger partial charge is 0.306 e. The van der Waals surface area contributed by atoms with Crippen LogP contribution in [0.25, 0.3) is 0 Å². The molecule has 390 valence electrons. The highest BCUT2D eigenvalue weighted by Crippen LogP contribution is 2.15. The first-order chi connectivity index (χ1) is 33.5. The first-order valence-electron chi connectivity index (χ1n) is 28.6. The second-order valence-corrected chi connectivity index (χ2v) is 18.8. The average Bonchev–Trinajstić information content (AvgIpc) is 3.34. The summed E-state index contributed by atoms with van der Waals surface area (Å²) in [5.41, 5.74) is 0. The van der Waals surface area contributed by atoms with E-state index in [-0.39, 0.29) is 31.1 Å². The van der Waals surface area contributed by atoms with E-state index >= 15 is 0 Å². The first-order valence-corrected chi connectivity index (χ1v) is 28.6. The van der Waals surface area contributed by atoms with Crippen molar-refractivity contribution < 1.29 is 28.6 Å². The molecule has 68 heavy (non-hydrogen) atoms. The summed E-state index contributed by atoms with van der Waals surface area (Å²) < 4.78 is 16.7. The lowest BCUT2D eigenvalue weighted by Gasteiger charge is -2.18. The van der Waals surface area contributed by atoms with Gasteiger partial charge in [0.15, 0.2) is 6.10 Å². The molecule has 0 N–H and O–H groups in total. The summed E-state index contributed by atoms with van der Waals surface area (Å²) in [6, 6.07) is 0. The van der Waals surface area contributed by atoms with Gasteiger partial charge in [0, 0.05) is 19.3 Å². The Kier molecular flexibility index (Phi) is 53.4. The maximum atomic E-state index is 12.7. The Hall–Kier alpha value is -3.41. The standard InChI is InChI=1S/C62H106O6/c1-4-7-10-13-16-18-20-21-22-23-24-25-26-27-28-29-30-31-32-33-34-35-36-37-38-39-40-41-43-44-46-49-52-55-61(64)67-58-59(57-66-60(63)54-51-48-15-12-9-6-3)68-62(65)56-53-50-47-45-42-19-17-14-11-8-5-2/h7,10,16,18,21-22,24-25,27-28,30-31,33-34,59H,4-6,8-9,11-15,17,19-20,23,26,29,32,35-58H2,1-3H3/b10-7-,18-16-,22-21-,25-24-,28-27-,31-30-,34-33-. The molecule has 0 aromatic rings. The largest absolute Gasteiger partial charge is 0.462 e. The molecule has 0 spiro atoms. The van der Waals surface area contributed by atoms with Gasteiger partial charge in [-0.1, -0.05) is 260 Å². The molecule has 0 aliphatic rings. The monoisotopic (exact) mass is 947 g/mol. The minimum Gasteiger partial charge on any atom is -0.462 e. The van der Waals surface area contributed by atoms with Gasteiger partial charge < -0.3 is 14.2 Å². The van der Waals surface area contributed by atoms with Crippen LogP contribution < -0.4 is 0 Å². The molecule has 1 unspecified atom stereocenters. The normalized spacial score (nSPS) is 12.7. The summed E-state index contributed by atoms with van der Waals surface area (Å²) >= 11 is 0. The molecule has 0 aliphatic carbocycles. The van der Waals surface area contributed by atoms with Gasteiger partial charge in [-0.05, 0) is 77.0 Å². The van der Waals surface area contributed by atoms with Crippen LogP contribution in [0.15, 0.2) is 85.1 Å². The first kappa shape index (κ1) is 64.6. The number of carbonyl (C=O) groups is 3. The van der Waals surface area contributed by atoms with Crippen LogP contribution in [-0.2, 0) is 28.6 Å². The van der Waals surface area contributed by atoms with Crippen molar-refractivity contribution >= 4 is 17.9 Å². The van der Waals surface area contributed by atoms with E-state index in [9.17, 15) is 14.4 Å². The van der Waals surface area contributed by atoms with E-state index in [1.165, 1.54) is 128 Å². The van der Waals surface area contributed by atoms with E-state index in [4.69, 9.17) is 14.2 Å². The maximum absolute atomic E-state index is 12.7. The molecular weight excluding hydrogens is 841 g/mol. The molecule has 0 aromatic carbocycles. The Morgan fingerprint density at radius 3 is 0.897 bits per heavy atom. The number of esters is 3. The number of allylic oxidation sites excluding steroid dienone is 14.